The Labute approximate surface area is 173 Å². The molecule has 8 heteroatoms. The molecule has 150 valence electrons. The predicted octanol–water partition coefficient (Wildman–Crippen LogP) is 2.89. The number of nitrogens with zero attached hydrogens (tertiary/aromatic N) is 3. The first-order chi connectivity index (χ1) is 14.0. The largest absolute Gasteiger partial charge is 0.457 e. The number of carbonyl (C=O) groups is 2. The summed E-state index contributed by atoms with van der Waals surface area (Å²) in [6.07, 6.45) is 2.54. The standard InChI is InChI=1S/C21H22N4O3S/c1-13-14(2-3-17-18(13)11-28-20(17)27)4-7-25-8-5-15(6-9-25)19(26)24-21-23-16(10-22)12-29-21/h2-3,12,15H,4-9,11H2,1H3,(H,23,24,26). The Balaban J connectivity index is 1.27. The second-order valence-corrected chi connectivity index (χ2v) is 8.31. The molecule has 0 spiro atoms. The van der Waals surface area contributed by atoms with Crippen LogP contribution in [0.2, 0.25) is 0 Å². The molecule has 3 heterocycles. The summed E-state index contributed by atoms with van der Waals surface area (Å²) in [6.45, 7) is 5.13. The van der Waals surface area contributed by atoms with E-state index in [0.717, 1.165) is 50.0 Å². The lowest BCUT2D eigenvalue weighted by atomic mass is 9.94. The lowest BCUT2D eigenvalue weighted by molar-refractivity contribution is -0.121. The summed E-state index contributed by atoms with van der Waals surface area (Å²) in [4.78, 5) is 30.6. The summed E-state index contributed by atoms with van der Waals surface area (Å²) < 4.78 is 5.13. The summed E-state index contributed by atoms with van der Waals surface area (Å²) in [5.74, 6) is -0.259. The molecule has 1 N–H and O–H groups in total. The Bertz CT molecular complexity index is 986. The van der Waals surface area contributed by atoms with Gasteiger partial charge in [-0.15, -0.1) is 11.3 Å². The van der Waals surface area contributed by atoms with Crippen molar-refractivity contribution < 1.29 is 14.3 Å². The molecule has 0 radical (unpaired) electrons. The van der Waals surface area contributed by atoms with E-state index in [4.69, 9.17) is 10.00 Å². The number of piperidine rings is 1. The highest BCUT2D eigenvalue weighted by molar-refractivity contribution is 7.14. The van der Waals surface area contributed by atoms with Crippen LogP contribution < -0.4 is 5.32 Å². The number of aromatic nitrogens is 1. The highest BCUT2D eigenvalue weighted by Crippen LogP contribution is 2.27. The van der Waals surface area contributed by atoms with E-state index in [1.807, 2.05) is 18.2 Å². The topological polar surface area (TPSA) is 95.3 Å². The number of esters is 1. The van der Waals surface area contributed by atoms with Crippen LogP contribution in [-0.2, 0) is 22.6 Å². The first kappa shape index (κ1) is 19.6. The van der Waals surface area contributed by atoms with Crippen molar-refractivity contribution in [1.82, 2.24) is 9.88 Å². The number of thiazole rings is 1. The molecule has 1 aromatic heterocycles. The third-order valence-corrected chi connectivity index (χ3v) is 6.54. The number of likely N-dealkylation sites (tertiary alicyclic amines) is 1. The van der Waals surface area contributed by atoms with Crippen LogP contribution in [0, 0.1) is 24.2 Å². The predicted molar refractivity (Wildman–Crippen MR) is 109 cm³/mol. The van der Waals surface area contributed by atoms with Crippen molar-refractivity contribution in [3.63, 3.8) is 0 Å². The fourth-order valence-electron chi connectivity index (χ4n) is 3.96. The van der Waals surface area contributed by atoms with Crippen LogP contribution in [0.3, 0.4) is 0 Å². The number of cyclic esters (lactones) is 1. The number of benzene rings is 1. The van der Waals surface area contributed by atoms with Gasteiger partial charge in [0.15, 0.2) is 10.8 Å². The fourth-order valence-corrected chi connectivity index (χ4v) is 4.60. The summed E-state index contributed by atoms with van der Waals surface area (Å²) in [6, 6.07) is 5.88. The minimum absolute atomic E-state index is 0.0115. The SMILES string of the molecule is Cc1c(CCN2CCC(C(=O)Nc3nc(C#N)cs3)CC2)ccc2c1COC2=O. The Hall–Kier alpha value is -2.76. The molecule has 1 saturated heterocycles. The van der Waals surface area contributed by atoms with Crippen molar-refractivity contribution in [3.8, 4) is 6.07 Å². The number of anilines is 1. The van der Waals surface area contributed by atoms with Gasteiger partial charge >= 0.3 is 5.97 Å². The number of hydrogen-bond acceptors (Lipinski definition) is 7. The minimum Gasteiger partial charge on any atom is -0.457 e. The van der Waals surface area contributed by atoms with E-state index in [0.29, 0.717) is 23.0 Å². The fraction of sp³-hybridized carbons (Fsp3) is 0.429. The van der Waals surface area contributed by atoms with Crippen LogP contribution in [0.25, 0.3) is 0 Å². The molecule has 0 unspecified atom stereocenters. The smallest absolute Gasteiger partial charge is 0.338 e. The molecular formula is C21H22N4O3S. The van der Waals surface area contributed by atoms with E-state index < -0.39 is 0 Å². The van der Waals surface area contributed by atoms with Gasteiger partial charge in [0.05, 0.1) is 5.56 Å². The average Bonchev–Trinajstić information content (AvgIpc) is 3.35. The molecule has 2 aromatic rings. The van der Waals surface area contributed by atoms with Crippen LogP contribution in [0.1, 0.15) is 45.6 Å². The van der Waals surface area contributed by atoms with Crippen molar-refractivity contribution >= 4 is 28.3 Å². The van der Waals surface area contributed by atoms with Crippen LogP contribution in [0.5, 0.6) is 0 Å². The molecule has 2 aliphatic heterocycles. The third kappa shape index (κ3) is 4.16. The molecule has 29 heavy (non-hydrogen) atoms. The van der Waals surface area contributed by atoms with Gasteiger partial charge in [0, 0.05) is 23.4 Å². The highest BCUT2D eigenvalue weighted by Gasteiger charge is 2.27. The number of carbonyl (C=O) groups excluding carboxylic acids is 2. The number of hydrogen-bond donors (Lipinski definition) is 1. The van der Waals surface area contributed by atoms with Gasteiger partial charge in [0.25, 0.3) is 0 Å². The number of nitriles is 1. The maximum absolute atomic E-state index is 12.4. The van der Waals surface area contributed by atoms with Crippen LogP contribution in [0.15, 0.2) is 17.5 Å². The lowest BCUT2D eigenvalue weighted by Crippen LogP contribution is -2.39. The Morgan fingerprint density at radius 1 is 1.41 bits per heavy atom. The minimum atomic E-state index is -0.225. The molecule has 1 fully saturated rings. The van der Waals surface area contributed by atoms with Gasteiger partial charge in [0.2, 0.25) is 5.91 Å². The van der Waals surface area contributed by atoms with Crippen LogP contribution in [-0.4, -0.2) is 41.4 Å². The molecule has 0 bridgehead atoms. The van der Waals surface area contributed by atoms with Crippen molar-refractivity contribution in [1.29, 1.82) is 5.26 Å². The third-order valence-electron chi connectivity index (χ3n) is 5.78. The number of rotatable bonds is 5. The zero-order chi connectivity index (χ0) is 20.4. The molecule has 0 saturated carbocycles. The molecule has 1 aromatic carbocycles. The highest BCUT2D eigenvalue weighted by atomic mass is 32.1. The van der Waals surface area contributed by atoms with Crippen LogP contribution in [0.4, 0.5) is 5.13 Å². The summed E-state index contributed by atoms with van der Waals surface area (Å²) >= 11 is 1.28. The van der Waals surface area contributed by atoms with Gasteiger partial charge in [-0.05, 0) is 56.5 Å². The monoisotopic (exact) mass is 410 g/mol. The van der Waals surface area contributed by atoms with E-state index in [1.165, 1.54) is 16.9 Å². The molecular weight excluding hydrogens is 388 g/mol. The Kier molecular flexibility index (Phi) is 5.60. The van der Waals surface area contributed by atoms with Crippen molar-refractivity contribution in [3.05, 3.63) is 45.5 Å². The van der Waals surface area contributed by atoms with E-state index in [2.05, 4.69) is 22.1 Å². The second-order valence-electron chi connectivity index (χ2n) is 7.46. The lowest BCUT2D eigenvalue weighted by Gasteiger charge is -2.31. The second kappa shape index (κ2) is 8.31. The first-order valence-electron chi connectivity index (χ1n) is 9.72. The summed E-state index contributed by atoms with van der Waals surface area (Å²) in [5.41, 5.74) is 4.45. The van der Waals surface area contributed by atoms with E-state index in [9.17, 15) is 9.59 Å². The molecule has 0 atom stereocenters. The van der Waals surface area contributed by atoms with Gasteiger partial charge in [-0.1, -0.05) is 6.07 Å². The maximum Gasteiger partial charge on any atom is 0.338 e. The summed E-state index contributed by atoms with van der Waals surface area (Å²) in [5, 5.41) is 13.8. The van der Waals surface area contributed by atoms with E-state index in [-0.39, 0.29) is 17.8 Å². The van der Waals surface area contributed by atoms with Gasteiger partial charge in [-0.3, -0.25) is 4.79 Å². The number of fused-ring (bicyclic) bond motifs is 1. The van der Waals surface area contributed by atoms with Gasteiger partial charge < -0.3 is 15.0 Å². The maximum atomic E-state index is 12.4. The molecule has 4 rings (SSSR count). The molecule has 7 nitrogen and oxygen atoms in total. The van der Waals surface area contributed by atoms with Gasteiger partial charge in [-0.25, -0.2) is 9.78 Å². The number of ether oxygens (including phenoxy) is 1. The van der Waals surface area contributed by atoms with Crippen molar-refractivity contribution in [2.24, 2.45) is 5.92 Å². The van der Waals surface area contributed by atoms with Gasteiger partial charge in [-0.2, -0.15) is 5.26 Å². The molecule has 0 aliphatic carbocycles. The Morgan fingerprint density at radius 2 is 2.21 bits per heavy atom. The average molecular weight is 410 g/mol. The van der Waals surface area contributed by atoms with E-state index >= 15 is 0 Å². The van der Waals surface area contributed by atoms with Crippen LogP contribution >= 0.6 is 11.3 Å². The zero-order valence-electron chi connectivity index (χ0n) is 16.2. The quantitative estimate of drug-likeness (QED) is 0.762. The van der Waals surface area contributed by atoms with E-state index in [1.54, 1.807) is 5.38 Å². The Morgan fingerprint density at radius 3 is 2.93 bits per heavy atom. The molecule has 1 amide bonds. The number of nitrogens with one attached hydrogen (secondary N) is 1. The normalized spacial score (nSPS) is 16.9. The first-order valence-corrected chi connectivity index (χ1v) is 10.6. The van der Waals surface area contributed by atoms with Gasteiger partial charge in [0.1, 0.15) is 12.7 Å². The van der Waals surface area contributed by atoms with Crippen molar-refractivity contribution in [2.75, 3.05) is 25.0 Å². The molecule has 2 aliphatic rings. The van der Waals surface area contributed by atoms with Crippen molar-refractivity contribution in [2.45, 2.75) is 32.8 Å². The summed E-state index contributed by atoms with van der Waals surface area (Å²) in [7, 11) is 0. The number of amides is 1. The zero-order valence-corrected chi connectivity index (χ0v) is 17.1.